The number of hydrogen-bond acceptors (Lipinski definition) is 7. The van der Waals surface area contributed by atoms with E-state index in [2.05, 4.69) is 0 Å². The molecule has 4 unspecified atom stereocenters. The number of amides is 1. The monoisotopic (exact) mass is 461 g/mol. The fraction of sp³-hybridized carbons (Fsp3) is 0.565. The maximum Gasteiger partial charge on any atom is 0.290 e. The number of ketones is 1. The molecule has 4 atom stereocenters. The summed E-state index contributed by atoms with van der Waals surface area (Å²) < 4.78 is 41.4. The lowest BCUT2D eigenvalue weighted by Gasteiger charge is -2.35. The van der Waals surface area contributed by atoms with E-state index in [1.165, 1.54) is 14.2 Å². The molecule has 1 aromatic rings. The Morgan fingerprint density at radius 3 is 2.47 bits per heavy atom. The van der Waals surface area contributed by atoms with Crippen molar-refractivity contribution in [1.29, 1.82) is 0 Å². The van der Waals surface area contributed by atoms with Crippen LogP contribution in [0.5, 0.6) is 11.5 Å². The number of Topliss-reactive ketones (excluding diaryl/α,β-unsaturated/α-hetero) is 1. The zero-order valence-electron chi connectivity index (χ0n) is 18.2. The Morgan fingerprint density at radius 1 is 1.03 bits per heavy atom. The molecule has 4 aliphatic rings. The largest absolute Gasteiger partial charge is 0.493 e. The maximum atomic E-state index is 13.6. The maximum absolute atomic E-state index is 13.6. The highest BCUT2D eigenvalue weighted by molar-refractivity contribution is 7.91. The van der Waals surface area contributed by atoms with E-state index in [0.29, 0.717) is 29.1 Å². The first kappa shape index (κ1) is 21.3. The van der Waals surface area contributed by atoms with Crippen LogP contribution in [-0.4, -0.2) is 62.9 Å². The molecule has 1 saturated heterocycles. The molecular formula is C23H27NO7S. The second kappa shape index (κ2) is 7.79. The van der Waals surface area contributed by atoms with Gasteiger partial charge in [-0.15, -0.1) is 0 Å². The van der Waals surface area contributed by atoms with Gasteiger partial charge in [0.25, 0.3) is 5.91 Å². The zero-order valence-corrected chi connectivity index (χ0v) is 19.0. The van der Waals surface area contributed by atoms with Crippen molar-refractivity contribution in [1.82, 2.24) is 4.90 Å². The van der Waals surface area contributed by atoms with Crippen molar-refractivity contribution >= 4 is 21.5 Å². The predicted molar refractivity (Wildman–Crippen MR) is 115 cm³/mol. The van der Waals surface area contributed by atoms with Crippen molar-refractivity contribution < 1.29 is 32.2 Å². The molecule has 2 fully saturated rings. The van der Waals surface area contributed by atoms with Crippen LogP contribution in [0.2, 0.25) is 0 Å². The van der Waals surface area contributed by atoms with Crippen LogP contribution in [0.4, 0.5) is 0 Å². The van der Waals surface area contributed by atoms with E-state index in [-0.39, 0.29) is 41.0 Å². The Bertz CT molecular complexity index is 1110. The van der Waals surface area contributed by atoms with Gasteiger partial charge in [0, 0.05) is 6.04 Å². The Kier molecular flexibility index (Phi) is 5.19. The molecule has 1 aromatic carbocycles. The topological polar surface area (TPSA) is 99.2 Å². The minimum Gasteiger partial charge on any atom is -0.493 e. The van der Waals surface area contributed by atoms with Gasteiger partial charge in [-0.1, -0.05) is 12.5 Å². The minimum absolute atomic E-state index is 0.0326. The van der Waals surface area contributed by atoms with Gasteiger partial charge in [-0.25, -0.2) is 8.42 Å². The molecule has 5 rings (SSSR count). The van der Waals surface area contributed by atoms with Crippen molar-refractivity contribution in [3.05, 3.63) is 35.1 Å². The van der Waals surface area contributed by atoms with Crippen LogP contribution < -0.4 is 9.47 Å². The van der Waals surface area contributed by atoms with Gasteiger partial charge in [0.15, 0.2) is 32.9 Å². The lowest BCUT2D eigenvalue weighted by Crippen LogP contribution is -2.41. The van der Waals surface area contributed by atoms with Gasteiger partial charge in [-0.3, -0.25) is 9.59 Å². The molecule has 0 spiro atoms. The smallest absolute Gasteiger partial charge is 0.290 e. The molecule has 0 bridgehead atoms. The Morgan fingerprint density at radius 2 is 1.78 bits per heavy atom. The zero-order chi connectivity index (χ0) is 22.6. The van der Waals surface area contributed by atoms with Crippen molar-refractivity contribution in [2.24, 2.45) is 5.92 Å². The molecule has 0 radical (unpaired) electrons. The molecule has 1 amide bonds. The molecule has 1 saturated carbocycles. The van der Waals surface area contributed by atoms with Crippen LogP contribution in [0, 0.1) is 5.92 Å². The summed E-state index contributed by atoms with van der Waals surface area (Å²) in [4.78, 5) is 28.8. The number of carbonyl (C=O) groups excluding carboxylic acids is 2. The number of sulfone groups is 1. The molecule has 3 heterocycles. The summed E-state index contributed by atoms with van der Waals surface area (Å²) in [6.45, 7) is 0. The summed E-state index contributed by atoms with van der Waals surface area (Å²) in [5, 5.41) is 0. The number of fused-ring (bicyclic) bond motifs is 1. The summed E-state index contributed by atoms with van der Waals surface area (Å²) in [5.74, 6) is 0.335. The predicted octanol–water partition coefficient (Wildman–Crippen LogP) is 2.19. The van der Waals surface area contributed by atoms with Crippen molar-refractivity contribution in [2.75, 3.05) is 25.7 Å². The van der Waals surface area contributed by atoms with Gasteiger partial charge < -0.3 is 19.1 Å². The molecule has 32 heavy (non-hydrogen) atoms. The lowest BCUT2D eigenvalue weighted by atomic mass is 9.77. The Labute approximate surface area is 187 Å². The van der Waals surface area contributed by atoms with E-state index in [1.54, 1.807) is 23.1 Å². The van der Waals surface area contributed by atoms with Gasteiger partial charge >= 0.3 is 0 Å². The van der Waals surface area contributed by atoms with Crippen LogP contribution in [-0.2, 0) is 24.2 Å². The fourth-order valence-corrected chi connectivity index (χ4v) is 7.30. The van der Waals surface area contributed by atoms with Crippen LogP contribution in [0.1, 0.15) is 43.7 Å². The van der Waals surface area contributed by atoms with E-state index in [0.717, 1.165) is 25.7 Å². The van der Waals surface area contributed by atoms with E-state index in [4.69, 9.17) is 14.2 Å². The molecule has 0 aromatic heterocycles. The highest BCUT2D eigenvalue weighted by atomic mass is 32.2. The highest BCUT2D eigenvalue weighted by Crippen LogP contribution is 2.49. The van der Waals surface area contributed by atoms with Crippen molar-refractivity contribution in [3.8, 4) is 11.5 Å². The second-order valence-corrected chi connectivity index (χ2v) is 11.2. The molecule has 9 heteroatoms. The van der Waals surface area contributed by atoms with E-state index in [9.17, 15) is 18.0 Å². The third kappa shape index (κ3) is 3.29. The van der Waals surface area contributed by atoms with Gasteiger partial charge in [0.2, 0.25) is 0 Å². The van der Waals surface area contributed by atoms with Crippen LogP contribution in [0.3, 0.4) is 0 Å². The molecule has 8 nitrogen and oxygen atoms in total. The number of nitrogens with zero attached hydrogens (tertiary/aromatic N) is 1. The number of hydrogen-bond donors (Lipinski definition) is 0. The normalized spacial score (nSPS) is 31.2. The van der Waals surface area contributed by atoms with Crippen molar-refractivity contribution in [3.63, 3.8) is 0 Å². The summed E-state index contributed by atoms with van der Waals surface area (Å²) >= 11 is 0. The first-order valence-corrected chi connectivity index (χ1v) is 12.9. The number of carbonyl (C=O) groups is 2. The average Bonchev–Trinajstić information content (AvgIpc) is 3.29. The third-order valence-electron chi connectivity index (χ3n) is 7.12. The summed E-state index contributed by atoms with van der Waals surface area (Å²) in [5.41, 5.74) is 1.03. The first-order chi connectivity index (χ1) is 15.3. The molecular weight excluding hydrogens is 434 g/mol. The quantitative estimate of drug-likeness (QED) is 0.678. The number of ether oxygens (including phenoxy) is 3. The minimum atomic E-state index is -3.24. The Hall–Kier alpha value is -2.55. The SMILES string of the molecule is COc1ccc(C2C3=C(OC4CCCCC4C3=O)C(=O)N2C2CCS(=O)(=O)C2)cc1OC. The molecule has 0 N–H and O–H groups in total. The molecule has 1 aliphatic carbocycles. The molecule has 3 aliphatic heterocycles. The number of benzene rings is 1. The number of methoxy groups -OCH3 is 2. The van der Waals surface area contributed by atoms with Crippen molar-refractivity contribution in [2.45, 2.75) is 50.3 Å². The van der Waals surface area contributed by atoms with Crippen LogP contribution >= 0.6 is 0 Å². The summed E-state index contributed by atoms with van der Waals surface area (Å²) in [6, 6.07) is 4.08. The standard InChI is InChI=1S/C23H27NO7S/c1-29-17-8-7-13(11-18(17)30-2)20-19-21(25)15-5-3-4-6-16(15)31-22(19)23(26)24(20)14-9-10-32(27,28)12-14/h7-8,11,14-16,20H,3-6,9-10,12H2,1-2H3. The van der Waals surface area contributed by atoms with Gasteiger partial charge in [-0.05, 0) is 43.4 Å². The second-order valence-electron chi connectivity index (χ2n) is 8.94. The Balaban J connectivity index is 1.63. The van der Waals surface area contributed by atoms with Gasteiger partial charge in [-0.2, -0.15) is 0 Å². The fourth-order valence-electron chi connectivity index (χ4n) is 5.58. The highest BCUT2D eigenvalue weighted by Gasteiger charge is 2.54. The first-order valence-electron chi connectivity index (χ1n) is 11.0. The van der Waals surface area contributed by atoms with E-state index in [1.807, 2.05) is 0 Å². The third-order valence-corrected chi connectivity index (χ3v) is 8.87. The van der Waals surface area contributed by atoms with E-state index >= 15 is 0 Å². The van der Waals surface area contributed by atoms with E-state index < -0.39 is 21.9 Å². The summed E-state index contributed by atoms with van der Waals surface area (Å²) in [6.07, 6.45) is 3.48. The lowest BCUT2D eigenvalue weighted by molar-refractivity contribution is -0.136. The van der Waals surface area contributed by atoms with Crippen LogP contribution in [0.25, 0.3) is 0 Å². The molecule has 172 valence electrons. The average molecular weight is 462 g/mol. The van der Waals surface area contributed by atoms with Gasteiger partial charge in [0.1, 0.15) is 6.10 Å². The summed E-state index contributed by atoms with van der Waals surface area (Å²) in [7, 11) is -0.176. The number of rotatable bonds is 4. The van der Waals surface area contributed by atoms with Gasteiger partial charge in [0.05, 0.1) is 43.3 Å². The van der Waals surface area contributed by atoms with Crippen LogP contribution in [0.15, 0.2) is 29.5 Å².